The Hall–Kier alpha value is -2.17. The Morgan fingerprint density at radius 3 is 2.94 bits per heavy atom. The molecule has 0 saturated heterocycles. The van der Waals surface area contributed by atoms with Crippen molar-refractivity contribution < 1.29 is 14.6 Å². The Kier molecular flexibility index (Phi) is 3.41. The predicted octanol–water partition coefficient (Wildman–Crippen LogP) is 1.56. The van der Waals surface area contributed by atoms with Crippen LogP contribution in [0.5, 0.6) is 11.5 Å². The van der Waals surface area contributed by atoms with Crippen LogP contribution in [0.3, 0.4) is 0 Å². The number of phenols is 1. The number of aromatic nitrogens is 1. The number of hydrogen-bond donors (Lipinski definition) is 3. The molecule has 0 radical (unpaired) electrons. The van der Waals surface area contributed by atoms with E-state index in [0.29, 0.717) is 24.2 Å². The van der Waals surface area contributed by atoms with Gasteiger partial charge in [0.1, 0.15) is 11.5 Å². The number of nitrogens with one attached hydrogen (secondary N) is 2. The molecule has 96 valence electrons. The maximum absolute atomic E-state index is 10.8. The number of carbonyl (C=O) groups is 1. The van der Waals surface area contributed by atoms with Gasteiger partial charge in [0.25, 0.3) is 0 Å². The van der Waals surface area contributed by atoms with Gasteiger partial charge >= 0.3 is 0 Å². The van der Waals surface area contributed by atoms with Crippen LogP contribution in [0.2, 0.25) is 0 Å². The van der Waals surface area contributed by atoms with Gasteiger partial charge in [-0.2, -0.15) is 0 Å². The molecule has 1 aromatic heterocycles. The van der Waals surface area contributed by atoms with Gasteiger partial charge in [-0.1, -0.05) is 0 Å². The Bertz CT molecular complexity index is 575. The standard InChI is InChI=1S/C13H16N2O3/c1-8(16)14-4-3-9-7-15-13-11(9)5-10(18-2)6-12(13)17/h5-7,15,17H,3-4H2,1-2H3,(H,14,16). The third-order valence-corrected chi connectivity index (χ3v) is 2.83. The molecule has 0 aliphatic heterocycles. The smallest absolute Gasteiger partial charge is 0.216 e. The lowest BCUT2D eigenvalue weighted by atomic mass is 10.1. The molecule has 0 bridgehead atoms. The van der Waals surface area contributed by atoms with Crippen LogP contribution < -0.4 is 10.1 Å². The van der Waals surface area contributed by atoms with Crippen LogP contribution in [0, 0.1) is 0 Å². The molecule has 1 amide bonds. The molecule has 1 aromatic carbocycles. The predicted molar refractivity (Wildman–Crippen MR) is 68.9 cm³/mol. The van der Waals surface area contributed by atoms with E-state index in [0.717, 1.165) is 10.9 Å². The third-order valence-electron chi connectivity index (χ3n) is 2.83. The first kappa shape index (κ1) is 12.3. The number of aromatic hydroxyl groups is 1. The first-order valence-electron chi connectivity index (χ1n) is 5.73. The van der Waals surface area contributed by atoms with E-state index in [1.807, 2.05) is 12.3 Å². The van der Waals surface area contributed by atoms with Crippen LogP contribution in [-0.2, 0) is 11.2 Å². The van der Waals surface area contributed by atoms with Gasteiger partial charge in [-0.25, -0.2) is 0 Å². The summed E-state index contributed by atoms with van der Waals surface area (Å²) in [4.78, 5) is 13.8. The van der Waals surface area contributed by atoms with Crippen molar-refractivity contribution in [1.82, 2.24) is 10.3 Å². The van der Waals surface area contributed by atoms with Crippen LogP contribution in [0.15, 0.2) is 18.3 Å². The zero-order chi connectivity index (χ0) is 13.1. The summed E-state index contributed by atoms with van der Waals surface area (Å²) in [7, 11) is 1.56. The van der Waals surface area contributed by atoms with Gasteiger partial charge in [-0.3, -0.25) is 4.79 Å². The second-order valence-corrected chi connectivity index (χ2v) is 4.12. The maximum Gasteiger partial charge on any atom is 0.216 e. The highest BCUT2D eigenvalue weighted by atomic mass is 16.5. The zero-order valence-electron chi connectivity index (χ0n) is 10.4. The van der Waals surface area contributed by atoms with Gasteiger partial charge in [0, 0.05) is 31.1 Å². The fourth-order valence-corrected chi connectivity index (χ4v) is 1.94. The average molecular weight is 248 g/mol. The van der Waals surface area contributed by atoms with Gasteiger partial charge in [-0.05, 0) is 18.1 Å². The number of benzene rings is 1. The van der Waals surface area contributed by atoms with Gasteiger partial charge in [0.2, 0.25) is 5.91 Å². The SMILES string of the molecule is COc1cc(O)c2[nH]cc(CCNC(C)=O)c2c1. The van der Waals surface area contributed by atoms with Crippen molar-refractivity contribution in [3.05, 3.63) is 23.9 Å². The van der Waals surface area contributed by atoms with E-state index >= 15 is 0 Å². The van der Waals surface area contributed by atoms with E-state index in [-0.39, 0.29) is 11.7 Å². The Morgan fingerprint density at radius 2 is 2.28 bits per heavy atom. The first-order chi connectivity index (χ1) is 8.61. The molecule has 5 heteroatoms. The van der Waals surface area contributed by atoms with Crippen LogP contribution in [0.4, 0.5) is 0 Å². The van der Waals surface area contributed by atoms with Crippen molar-refractivity contribution in [3.63, 3.8) is 0 Å². The van der Waals surface area contributed by atoms with Crippen LogP contribution in [0.25, 0.3) is 10.9 Å². The van der Waals surface area contributed by atoms with Gasteiger partial charge in [0.15, 0.2) is 0 Å². The number of amides is 1. The molecule has 1 heterocycles. The zero-order valence-corrected chi connectivity index (χ0v) is 10.4. The second kappa shape index (κ2) is 5.00. The van der Waals surface area contributed by atoms with Crippen molar-refractivity contribution in [1.29, 1.82) is 0 Å². The minimum absolute atomic E-state index is 0.0460. The van der Waals surface area contributed by atoms with Crippen LogP contribution in [0.1, 0.15) is 12.5 Å². The summed E-state index contributed by atoms with van der Waals surface area (Å²) >= 11 is 0. The van der Waals surface area contributed by atoms with Crippen molar-refractivity contribution in [2.45, 2.75) is 13.3 Å². The molecular weight excluding hydrogens is 232 g/mol. The number of aromatic amines is 1. The molecular formula is C13H16N2O3. The van der Waals surface area contributed by atoms with E-state index in [1.54, 1.807) is 13.2 Å². The normalized spacial score (nSPS) is 10.6. The summed E-state index contributed by atoms with van der Waals surface area (Å²) in [6, 6.07) is 3.44. The largest absolute Gasteiger partial charge is 0.506 e. The third kappa shape index (κ3) is 2.40. The molecule has 0 aliphatic carbocycles. The van der Waals surface area contributed by atoms with Crippen LogP contribution >= 0.6 is 0 Å². The molecule has 2 aromatic rings. The number of hydrogen-bond acceptors (Lipinski definition) is 3. The first-order valence-corrected chi connectivity index (χ1v) is 5.73. The summed E-state index contributed by atoms with van der Waals surface area (Å²) in [5.74, 6) is 0.728. The quantitative estimate of drug-likeness (QED) is 0.768. The maximum atomic E-state index is 10.8. The Balaban J connectivity index is 2.28. The number of methoxy groups -OCH3 is 1. The highest BCUT2D eigenvalue weighted by molar-refractivity contribution is 5.89. The molecule has 0 fully saturated rings. The van der Waals surface area contributed by atoms with E-state index in [4.69, 9.17) is 4.74 Å². The number of ether oxygens (including phenoxy) is 1. The number of carbonyl (C=O) groups excluding carboxylic acids is 1. The monoisotopic (exact) mass is 248 g/mol. The summed E-state index contributed by atoms with van der Waals surface area (Å²) in [6.07, 6.45) is 2.54. The Morgan fingerprint density at radius 1 is 1.50 bits per heavy atom. The van der Waals surface area contributed by atoms with Gasteiger partial charge in [0.05, 0.1) is 12.6 Å². The minimum Gasteiger partial charge on any atom is -0.506 e. The molecule has 18 heavy (non-hydrogen) atoms. The second-order valence-electron chi connectivity index (χ2n) is 4.12. The lowest BCUT2D eigenvalue weighted by Crippen LogP contribution is -2.22. The van der Waals surface area contributed by atoms with E-state index < -0.39 is 0 Å². The molecule has 5 nitrogen and oxygen atoms in total. The molecule has 0 saturated carbocycles. The number of rotatable bonds is 4. The molecule has 3 N–H and O–H groups in total. The number of H-pyrrole nitrogens is 1. The summed E-state index contributed by atoms with van der Waals surface area (Å²) in [5.41, 5.74) is 1.72. The Labute approximate surface area is 105 Å². The van der Waals surface area contributed by atoms with Gasteiger partial charge in [-0.15, -0.1) is 0 Å². The van der Waals surface area contributed by atoms with Crippen molar-refractivity contribution in [2.24, 2.45) is 0 Å². The topological polar surface area (TPSA) is 74.3 Å². The minimum atomic E-state index is -0.0460. The highest BCUT2D eigenvalue weighted by Gasteiger charge is 2.09. The summed E-state index contributed by atoms with van der Waals surface area (Å²) < 4.78 is 5.13. The van der Waals surface area contributed by atoms with Gasteiger partial charge < -0.3 is 20.1 Å². The van der Waals surface area contributed by atoms with E-state index in [2.05, 4.69) is 10.3 Å². The lowest BCUT2D eigenvalue weighted by Gasteiger charge is -2.04. The fraction of sp³-hybridized carbons (Fsp3) is 0.308. The van der Waals surface area contributed by atoms with E-state index in [9.17, 15) is 9.90 Å². The molecule has 0 aliphatic rings. The van der Waals surface area contributed by atoms with Crippen molar-refractivity contribution in [3.8, 4) is 11.5 Å². The summed E-state index contributed by atoms with van der Waals surface area (Å²) in [6.45, 7) is 2.06. The number of fused-ring (bicyclic) bond motifs is 1. The molecule has 2 rings (SSSR count). The van der Waals surface area contributed by atoms with Crippen molar-refractivity contribution >= 4 is 16.8 Å². The van der Waals surface area contributed by atoms with E-state index in [1.165, 1.54) is 6.92 Å². The molecule has 0 spiro atoms. The average Bonchev–Trinajstić information content (AvgIpc) is 2.72. The van der Waals surface area contributed by atoms with Crippen molar-refractivity contribution in [2.75, 3.05) is 13.7 Å². The molecule has 0 unspecified atom stereocenters. The highest BCUT2D eigenvalue weighted by Crippen LogP contribution is 2.31. The number of phenolic OH excluding ortho intramolecular Hbond substituents is 1. The lowest BCUT2D eigenvalue weighted by molar-refractivity contribution is -0.118. The van der Waals surface area contributed by atoms with Crippen LogP contribution in [-0.4, -0.2) is 29.7 Å². The fourth-order valence-electron chi connectivity index (χ4n) is 1.94. The molecule has 0 atom stereocenters. The summed E-state index contributed by atoms with van der Waals surface area (Å²) in [5, 5.41) is 13.5.